The number of amides is 2. The molecule has 8 heteroatoms. The minimum Gasteiger partial charge on any atom is -0.349 e. The largest absolute Gasteiger partial charge is 0.349 e. The van der Waals surface area contributed by atoms with E-state index in [0.29, 0.717) is 50.1 Å². The molecule has 4 saturated heterocycles. The van der Waals surface area contributed by atoms with Crippen LogP contribution in [0.1, 0.15) is 73.1 Å². The average Bonchev–Trinajstić information content (AvgIpc) is 3.35. The van der Waals surface area contributed by atoms with E-state index in [0.717, 1.165) is 32.7 Å². The van der Waals surface area contributed by atoms with Crippen LogP contribution < -0.4 is 0 Å². The van der Waals surface area contributed by atoms with E-state index in [2.05, 4.69) is 44.4 Å². The van der Waals surface area contributed by atoms with Crippen LogP contribution in [-0.2, 0) is 19.1 Å². The highest BCUT2D eigenvalue weighted by atomic mass is 16.7. The molecule has 3 atom stereocenters. The van der Waals surface area contributed by atoms with E-state index in [9.17, 15) is 9.59 Å². The molecule has 4 heterocycles. The van der Waals surface area contributed by atoms with Crippen LogP contribution in [0, 0.1) is 17.8 Å². The zero-order chi connectivity index (χ0) is 26.7. The number of hydrogen-bond donors (Lipinski definition) is 0. The van der Waals surface area contributed by atoms with Gasteiger partial charge in [-0.15, -0.1) is 0 Å². The topological polar surface area (TPSA) is 65.6 Å². The van der Waals surface area contributed by atoms with Crippen LogP contribution in [0.2, 0.25) is 0 Å². The number of piperidine rings is 1. The highest BCUT2D eigenvalue weighted by Crippen LogP contribution is 2.36. The van der Waals surface area contributed by atoms with Gasteiger partial charge < -0.3 is 24.2 Å². The molecular formula is C29H52N4O4. The number of piperazine rings is 1. The number of ether oxygens (including phenoxy) is 2. The smallest absolute Gasteiger partial charge is 0.245 e. The number of likely N-dealkylation sites (tertiary alicyclic amines) is 2. The lowest BCUT2D eigenvalue weighted by Gasteiger charge is -2.50. The maximum Gasteiger partial charge on any atom is 0.245 e. The molecule has 2 amide bonds. The first kappa shape index (κ1) is 28.8. The number of nitrogens with zero attached hydrogens (tertiary/aromatic N) is 4. The van der Waals surface area contributed by atoms with Gasteiger partial charge in [-0.1, -0.05) is 27.7 Å². The highest BCUT2D eigenvalue weighted by Gasteiger charge is 2.47. The molecule has 1 unspecified atom stereocenters. The van der Waals surface area contributed by atoms with Crippen LogP contribution in [0.3, 0.4) is 0 Å². The fraction of sp³-hybridized carbons (Fsp3) is 0.931. The molecule has 4 fully saturated rings. The average molecular weight is 521 g/mol. The van der Waals surface area contributed by atoms with Crippen LogP contribution in [0.4, 0.5) is 0 Å². The molecular weight excluding hydrogens is 468 g/mol. The lowest BCUT2D eigenvalue weighted by molar-refractivity contribution is -0.303. The Morgan fingerprint density at radius 1 is 1.00 bits per heavy atom. The summed E-state index contributed by atoms with van der Waals surface area (Å²) in [6, 6.07) is -0.527. The number of rotatable bonds is 8. The van der Waals surface area contributed by atoms with E-state index in [1.54, 1.807) is 0 Å². The van der Waals surface area contributed by atoms with E-state index in [-0.39, 0.29) is 23.9 Å². The maximum atomic E-state index is 14.0. The molecule has 0 radical (unpaired) electrons. The molecule has 4 aliphatic heterocycles. The first-order valence-electron chi connectivity index (χ1n) is 14.9. The van der Waals surface area contributed by atoms with E-state index in [1.807, 2.05) is 16.8 Å². The Balaban J connectivity index is 1.38. The molecule has 1 spiro atoms. The SMILES string of the molecule is CC(C)CC(C(=O)N1CCC2(C[C@H]1C)OCC(CN1CCCC1)CO2)N1CCN(C)[C@@H](CC(C)C)C1=O. The Labute approximate surface area is 225 Å². The van der Waals surface area contributed by atoms with Crippen molar-refractivity contribution in [3.8, 4) is 0 Å². The summed E-state index contributed by atoms with van der Waals surface area (Å²) in [5.74, 6) is 0.826. The first-order valence-corrected chi connectivity index (χ1v) is 14.9. The highest BCUT2D eigenvalue weighted by molar-refractivity contribution is 5.90. The van der Waals surface area contributed by atoms with Crippen molar-refractivity contribution >= 4 is 11.8 Å². The summed E-state index contributed by atoms with van der Waals surface area (Å²) in [5.41, 5.74) is 0. The van der Waals surface area contributed by atoms with E-state index in [1.165, 1.54) is 25.9 Å². The van der Waals surface area contributed by atoms with Gasteiger partial charge >= 0.3 is 0 Å². The van der Waals surface area contributed by atoms with Crippen molar-refractivity contribution in [2.75, 3.05) is 59.5 Å². The standard InChI is InChI=1S/C29H52N4O4/c1-21(2)15-25-27(34)33(14-13-30(25)6)26(16-22(3)4)28(35)32-12-9-29(17-23(32)5)36-19-24(20-37-29)18-31-10-7-8-11-31/h21-26H,7-20H2,1-6H3/t23-,24?,25+,26?,29?/m1/s1. The van der Waals surface area contributed by atoms with Crippen molar-refractivity contribution in [1.82, 2.24) is 19.6 Å². The first-order chi connectivity index (χ1) is 17.6. The zero-order valence-electron chi connectivity index (χ0n) is 24.3. The van der Waals surface area contributed by atoms with Crippen molar-refractivity contribution < 1.29 is 19.1 Å². The molecule has 37 heavy (non-hydrogen) atoms. The van der Waals surface area contributed by atoms with Crippen LogP contribution in [0.25, 0.3) is 0 Å². The summed E-state index contributed by atoms with van der Waals surface area (Å²) in [6.07, 6.45) is 5.51. The molecule has 212 valence electrons. The molecule has 4 rings (SSSR count). The molecule has 0 saturated carbocycles. The summed E-state index contributed by atoms with van der Waals surface area (Å²) in [6.45, 7) is 17.7. The van der Waals surface area contributed by atoms with Crippen molar-refractivity contribution in [3.63, 3.8) is 0 Å². The lowest BCUT2D eigenvalue weighted by Crippen LogP contribution is -2.64. The molecule has 0 aromatic heterocycles. The predicted molar refractivity (Wildman–Crippen MR) is 145 cm³/mol. The van der Waals surface area contributed by atoms with Crippen molar-refractivity contribution in [2.45, 2.75) is 97.1 Å². The third-order valence-electron chi connectivity index (χ3n) is 8.88. The number of hydrogen-bond acceptors (Lipinski definition) is 6. The summed E-state index contributed by atoms with van der Waals surface area (Å²) in [5, 5.41) is 0. The summed E-state index contributed by atoms with van der Waals surface area (Å²) >= 11 is 0. The van der Waals surface area contributed by atoms with Gasteiger partial charge in [-0.05, 0) is 64.6 Å². The number of carbonyl (C=O) groups excluding carboxylic acids is 2. The van der Waals surface area contributed by atoms with Gasteiger partial charge in [-0.25, -0.2) is 0 Å². The van der Waals surface area contributed by atoms with Crippen LogP contribution in [0.5, 0.6) is 0 Å². The molecule has 0 aromatic rings. The summed E-state index contributed by atoms with van der Waals surface area (Å²) < 4.78 is 12.8. The Kier molecular flexibility index (Phi) is 9.58. The minimum absolute atomic E-state index is 0.0140. The third-order valence-corrected chi connectivity index (χ3v) is 8.88. The van der Waals surface area contributed by atoms with E-state index in [4.69, 9.17) is 9.47 Å². The van der Waals surface area contributed by atoms with E-state index < -0.39 is 11.8 Å². The monoisotopic (exact) mass is 520 g/mol. The molecule has 0 N–H and O–H groups in total. The van der Waals surface area contributed by atoms with Gasteiger partial charge in [0.15, 0.2) is 5.79 Å². The third kappa shape index (κ3) is 6.87. The second-order valence-electron chi connectivity index (χ2n) is 13.0. The zero-order valence-corrected chi connectivity index (χ0v) is 24.3. The molecule has 0 aromatic carbocycles. The van der Waals surface area contributed by atoms with Crippen LogP contribution >= 0.6 is 0 Å². The van der Waals surface area contributed by atoms with Gasteiger partial charge in [-0.3, -0.25) is 14.5 Å². The lowest BCUT2D eigenvalue weighted by atomic mass is 9.92. The van der Waals surface area contributed by atoms with Crippen molar-refractivity contribution in [2.24, 2.45) is 17.8 Å². The fourth-order valence-corrected chi connectivity index (χ4v) is 6.78. The Hall–Kier alpha value is -1.22. The molecule has 0 bridgehead atoms. The quantitative estimate of drug-likeness (QED) is 0.490. The normalized spacial score (nSPS) is 33.2. The second kappa shape index (κ2) is 12.3. The van der Waals surface area contributed by atoms with Crippen LogP contribution in [0.15, 0.2) is 0 Å². The molecule has 8 nitrogen and oxygen atoms in total. The van der Waals surface area contributed by atoms with E-state index >= 15 is 0 Å². The van der Waals surface area contributed by atoms with Crippen molar-refractivity contribution in [3.05, 3.63) is 0 Å². The maximum absolute atomic E-state index is 14.0. The fourth-order valence-electron chi connectivity index (χ4n) is 6.78. The summed E-state index contributed by atoms with van der Waals surface area (Å²) in [4.78, 5) is 36.3. The predicted octanol–water partition coefficient (Wildman–Crippen LogP) is 3.06. The van der Waals surface area contributed by atoms with Gasteiger partial charge in [0.25, 0.3) is 0 Å². The Morgan fingerprint density at radius 3 is 2.27 bits per heavy atom. The molecule has 4 aliphatic rings. The van der Waals surface area contributed by atoms with Gasteiger partial charge in [-0.2, -0.15) is 0 Å². The van der Waals surface area contributed by atoms with Gasteiger partial charge in [0, 0.05) is 51.0 Å². The van der Waals surface area contributed by atoms with Gasteiger partial charge in [0.2, 0.25) is 11.8 Å². The Morgan fingerprint density at radius 2 is 1.68 bits per heavy atom. The van der Waals surface area contributed by atoms with Gasteiger partial charge in [0.05, 0.1) is 19.3 Å². The Bertz CT molecular complexity index is 776. The van der Waals surface area contributed by atoms with Gasteiger partial charge in [0.1, 0.15) is 6.04 Å². The number of carbonyl (C=O) groups is 2. The summed E-state index contributed by atoms with van der Waals surface area (Å²) in [7, 11) is 2.04. The van der Waals surface area contributed by atoms with Crippen LogP contribution in [-0.4, -0.2) is 115 Å². The molecule has 0 aliphatic carbocycles. The minimum atomic E-state index is -0.572. The second-order valence-corrected chi connectivity index (χ2v) is 13.0. The number of likely N-dealkylation sites (N-methyl/N-ethyl adjacent to an activating group) is 1. The van der Waals surface area contributed by atoms with Crippen molar-refractivity contribution in [1.29, 1.82) is 0 Å².